The molecule has 0 saturated heterocycles. The minimum absolute atomic E-state index is 0.465. The molecule has 0 radical (unpaired) electrons. The Labute approximate surface area is 180 Å². The highest BCUT2D eigenvalue weighted by molar-refractivity contribution is 6.36. The van der Waals surface area contributed by atoms with E-state index >= 15 is 0 Å². The quantitative estimate of drug-likeness (QED) is 0.256. The molecule has 1 N–H and O–H groups in total. The molecule has 0 aliphatic carbocycles. The van der Waals surface area contributed by atoms with Crippen LogP contribution in [0.25, 0.3) is 32.3 Å². The van der Waals surface area contributed by atoms with Crippen LogP contribution in [-0.2, 0) is 4.65 Å². The first-order chi connectivity index (χ1) is 15.2. The molecule has 5 aromatic rings. The van der Waals surface area contributed by atoms with Gasteiger partial charge in [0, 0.05) is 18.7 Å². The third-order valence-electron chi connectivity index (χ3n) is 4.90. The van der Waals surface area contributed by atoms with E-state index in [4.69, 9.17) is 14.6 Å². The number of hydrogen-bond acceptors (Lipinski definition) is 5. The van der Waals surface area contributed by atoms with Gasteiger partial charge in [-0.05, 0) is 57.3 Å². The summed E-state index contributed by atoms with van der Waals surface area (Å²) >= 11 is 0. The second kappa shape index (κ2) is 9.27. The molecular weight excluding hydrogens is 387 g/mol. The lowest BCUT2D eigenvalue weighted by Gasteiger charge is -2.13. The zero-order valence-electron chi connectivity index (χ0n) is 16.9. The Morgan fingerprint density at radius 1 is 0.839 bits per heavy atom. The van der Waals surface area contributed by atoms with Crippen LogP contribution >= 0.6 is 0 Å². The lowest BCUT2D eigenvalue weighted by molar-refractivity contribution is 0.239. The molecule has 0 aliphatic heterocycles. The van der Waals surface area contributed by atoms with Crippen LogP contribution in [0.1, 0.15) is 5.69 Å². The topological polar surface area (TPSA) is 75.4 Å². The van der Waals surface area contributed by atoms with Gasteiger partial charge in [-0.2, -0.15) is 5.26 Å². The summed E-state index contributed by atoms with van der Waals surface area (Å²) in [5, 5.41) is 24.6. The smallest absolute Gasteiger partial charge is 0.511 e. The van der Waals surface area contributed by atoms with Gasteiger partial charge < -0.3 is 14.3 Å². The monoisotopic (exact) mass is 406 g/mol. The summed E-state index contributed by atoms with van der Waals surface area (Å²) in [6.07, 6.45) is 1.60. The summed E-state index contributed by atoms with van der Waals surface area (Å²) in [6.45, 7) is 0. The van der Waals surface area contributed by atoms with Gasteiger partial charge in [0.05, 0.1) is 0 Å². The first-order valence-electron chi connectivity index (χ1n) is 9.72. The number of benzene rings is 4. The third kappa shape index (κ3) is 4.48. The molecule has 0 fully saturated rings. The van der Waals surface area contributed by atoms with Gasteiger partial charge in [0.25, 0.3) is 0 Å². The van der Waals surface area contributed by atoms with Gasteiger partial charge in [-0.25, -0.2) is 4.98 Å². The van der Waals surface area contributed by atoms with Crippen molar-refractivity contribution in [2.24, 2.45) is 0 Å². The van der Waals surface area contributed by atoms with Gasteiger partial charge >= 0.3 is 7.32 Å². The molecule has 0 atom stereocenters. The maximum Gasteiger partial charge on any atom is 0.710 e. The molecule has 0 saturated carbocycles. The standard InChI is InChI=1S/C19H15BO3.C6H4N2/c1-22-20(21)23-18-8-4-7-13-9-10-16-11-14-5-2-3-6-15(14)12-17(16)19(13)18;7-5-6-3-1-2-4-8-6/h2-12,21H,1H3;1-4H. The van der Waals surface area contributed by atoms with Crippen LogP contribution in [-0.4, -0.2) is 24.4 Å². The van der Waals surface area contributed by atoms with E-state index in [0.29, 0.717) is 11.4 Å². The Balaban J connectivity index is 0.000000245. The van der Waals surface area contributed by atoms with Crippen LogP contribution < -0.4 is 4.65 Å². The fourth-order valence-electron chi connectivity index (χ4n) is 3.45. The molecule has 0 amide bonds. The SMILES string of the molecule is COB(O)Oc1cccc2ccc3cc4ccccc4cc3c12.N#Cc1ccccn1. The maximum absolute atomic E-state index is 9.67. The lowest BCUT2D eigenvalue weighted by atomic mass is 9.97. The Kier molecular flexibility index (Phi) is 6.09. The Morgan fingerprint density at radius 3 is 2.23 bits per heavy atom. The van der Waals surface area contributed by atoms with Crippen molar-refractivity contribution in [3.05, 3.63) is 96.8 Å². The fourth-order valence-corrected chi connectivity index (χ4v) is 3.45. The van der Waals surface area contributed by atoms with E-state index in [9.17, 15) is 5.02 Å². The number of hydrogen-bond donors (Lipinski definition) is 1. The highest BCUT2D eigenvalue weighted by Gasteiger charge is 2.18. The molecule has 1 heterocycles. The number of pyridine rings is 1. The second-order valence-electron chi connectivity index (χ2n) is 6.83. The molecule has 0 spiro atoms. The highest BCUT2D eigenvalue weighted by atomic mass is 16.7. The zero-order chi connectivity index (χ0) is 21.6. The van der Waals surface area contributed by atoms with Gasteiger partial charge in [0.2, 0.25) is 0 Å². The molecule has 0 unspecified atom stereocenters. The summed E-state index contributed by atoms with van der Waals surface area (Å²) in [6, 6.07) is 29.7. The van der Waals surface area contributed by atoms with Crippen LogP contribution in [0, 0.1) is 11.3 Å². The molecular formula is C25H19BN2O3. The first kappa shape index (κ1) is 20.4. The van der Waals surface area contributed by atoms with E-state index in [0.717, 1.165) is 21.5 Å². The van der Waals surface area contributed by atoms with Crippen LogP contribution in [0.2, 0.25) is 0 Å². The molecule has 4 aromatic carbocycles. The van der Waals surface area contributed by atoms with E-state index in [1.807, 2.05) is 36.4 Å². The van der Waals surface area contributed by atoms with E-state index in [-0.39, 0.29) is 0 Å². The van der Waals surface area contributed by atoms with Gasteiger partial charge in [-0.3, -0.25) is 0 Å². The minimum Gasteiger partial charge on any atom is -0.511 e. The van der Waals surface area contributed by atoms with Crippen molar-refractivity contribution in [2.45, 2.75) is 0 Å². The Morgan fingerprint density at radius 2 is 1.55 bits per heavy atom. The number of fused-ring (bicyclic) bond motifs is 4. The van der Waals surface area contributed by atoms with Crippen LogP contribution in [0.5, 0.6) is 5.75 Å². The van der Waals surface area contributed by atoms with Crippen LogP contribution in [0.3, 0.4) is 0 Å². The first-order valence-corrected chi connectivity index (χ1v) is 9.72. The number of nitrogens with zero attached hydrogens (tertiary/aromatic N) is 2. The van der Waals surface area contributed by atoms with Gasteiger partial charge in [-0.1, -0.05) is 54.6 Å². The summed E-state index contributed by atoms with van der Waals surface area (Å²) in [4.78, 5) is 3.74. The summed E-state index contributed by atoms with van der Waals surface area (Å²) in [5.74, 6) is 0.609. The van der Waals surface area contributed by atoms with Crippen LogP contribution in [0.4, 0.5) is 0 Å². The van der Waals surface area contributed by atoms with Gasteiger partial charge in [0.15, 0.2) is 0 Å². The third-order valence-corrected chi connectivity index (χ3v) is 4.90. The Bertz CT molecular complexity index is 1380. The molecule has 0 bridgehead atoms. The number of nitriles is 1. The number of aromatic nitrogens is 1. The molecule has 5 nitrogen and oxygen atoms in total. The van der Waals surface area contributed by atoms with Crippen molar-refractivity contribution in [3.63, 3.8) is 0 Å². The molecule has 0 aliphatic rings. The Hall–Kier alpha value is -3.92. The maximum atomic E-state index is 9.67. The van der Waals surface area contributed by atoms with E-state index in [2.05, 4.69) is 41.4 Å². The van der Waals surface area contributed by atoms with E-state index in [1.165, 1.54) is 17.9 Å². The summed E-state index contributed by atoms with van der Waals surface area (Å²) in [7, 11) is 0.123. The van der Waals surface area contributed by atoms with Gasteiger partial charge in [-0.15, -0.1) is 0 Å². The average molecular weight is 406 g/mol. The zero-order valence-corrected chi connectivity index (χ0v) is 16.9. The molecule has 31 heavy (non-hydrogen) atoms. The summed E-state index contributed by atoms with van der Waals surface area (Å²) in [5.41, 5.74) is 0.465. The van der Waals surface area contributed by atoms with Crippen molar-refractivity contribution in [2.75, 3.05) is 7.11 Å². The van der Waals surface area contributed by atoms with E-state index < -0.39 is 7.32 Å². The normalized spacial score (nSPS) is 10.4. The predicted octanol–water partition coefficient (Wildman–Crippen LogP) is 5.10. The molecule has 5 rings (SSSR count). The van der Waals surface area contributed by atoms with Crippen molar-refractivity contribution < 1.29 is 14.3 Å². The second-order valence-corrected chi connectivity index (χ2v) is 6.83. The van der Waals surface area contributed by atoms with Crippen LogP contribution in [0.15, 0.2) is 91.1 Å². The lowest BCUT2D eigenvalue weighted by Crippen LogP contribution is -2.24. The highest BCUT2D eigenvalue weighted by Crippen LogP contribution is 2.35. The molecule has 1 aromatic heterocycles. The average Bonchev–Trinajstić information content (AvgIpc) is 2.83. The van der Waals surface area contributed by atoms with Crippen molar-refractivity contribution >= 4 is 39.6 Å². The van der Waals surface area contributed by atoms with Crippen molar-refractivity contribution in [1.82, 2.24) is 4.98 Å². The predicted molar refractivity (Wildman–Crippen MR) is 124 cm³/mol. The minimum atomic E-state index is -1.28. The molecule has 150 valence electrons. The molecule has 6 heteroatoms. The number of rotatable bonds is 3. The van der Waals surface area contributed by atoms with Crippen molar-refractivity contribution in [1.29, 1.82) is 5.26 Å². The fraction of sp³-hybridized carbons (Fsp3) is 0.0400. The van der Waals surface area contributed by atoms with E-state index in [1.54, 1.807) is 24.4 Å². The largest absolute Gasteiger partial charge is 0.710 e. The van der Waals surface area contributed by atoms with Crippen molar-refractivity contribution in [3.8, 4) is 11.8 Å². The van der Waals surface area contributed by atoms with Gasteiger partial charge in [0.1, 0.15) is 17.5 Å². The summed E-state index contributed by atoms with van der Waals surface area (Å²) < 4.78 is 10.3.